The number of nitrogens with one attached hydrogen (secondary N) is 2. The average molecular weight is 298 g/mol. The van der Waals surface area contributed by atoms with Gasteiger partial charge in [-0.3, -0.25) is 14.4 Å². The molecule has 0 aromatic heterocycles. The summed E-state index contributed by atoms with van der Waals surface area (Å²) in [6.07, 6.45) is 1.69. The highest BCUT2D eigenvalue weighted by Crippen LogP contribution is 2.29. The van der Waals surface area contributed by atoms with Gasteiger partial charge in [0.15, 0.2) is 5.78 Å². The van der Waals surface area contributed by atoms with E-state index >= 15 is 0 Å². The zero-order valence-corrected chi connectivity index (χ0v) is 12.4. The van der Waals surface area contributed by atoms with E-state index in [1.54, 1.807) is 7.05 Å². The number of ketones is 1. The molecule has 2 heterocycles. The maximum atomic E-state index is 12.2. The number of nitrogens with zero attached hydrogens (tertiary/aromatic N) is 2. The van der Waals surface area contributed by atoms with Gasteiger partial charge in [0.2, 0.25) is 5.91 Å². The summed E-state index contributed by atoms with van der Waals surface area (Å²) < 4.78 is 0. The largest absolute Gasteiger partial charge is 0.347 e. The Morgan fingerprint density at radius 3 is 2.81 bits per heavy atom. The minimum atomic E-state index is -0.508. The van der Waals surface area contributed by atoms with Crippen molar-refractivity contribution in [3.8, 4) is 0 Å². The number of piperidine rings is 1. The summed E-state index contributed by atoms with van der Waals surface area (Å²) in [6, 6.07) is -0.767. The molecule has 0 aliphatic carbocycles. The molecule has 0 saturated carbocycles. The number of hydroxylamine groups is 2. The molecule has 8 nitrogen and oxygen atoms in total. The van der Waals surface area contributed by atoms with E-state index < -0.39 is 6.04 Å². The summed E-state index contributed by atoms with van der Waals surface area (Å²) in [7, 11) is 3.22. The smallest absolute Gasteiger partial charge is 0.345 e. The lowest BCUT2D eigenvalue weighted by atomic mass is 10.0. The lowest BCUT2D eigenvalue weighted by Gasteiger charge is -2.29. The van der Waals surface area contributed by atoms with Crippen molar-refractivity contribution in [2.75, 3.05) is 33.8 Å². The van der Waals surface area contributed by atoms with Crippen molar-refractivity contribution in [3.63, 3.8) is 0 Å². The third-order valence-electron chi connectivity index (χ3n) is 3.94. The molecule has 21 heavy (non-hydrogen) atoms. The highest BCUT2D eigenvalue weighted by atomic mass is 16.7. The van der Waals surface area contributed by atoms with Crippen molar-refractivity contribution in [1.82, 2.24) is 20.6 Å². The molecule has 2 N–H and O–H groups in total. The topological polar surface area (TPSA) is 91.0 Å². The molecule has 2 fully saturated rings. The fourth-order valence-electron chi connectivity index (χ4n) is 2.79. The molecule has 0 unspecified atom stereocenters. The molecule has 0 aromatic carbocycles. The first-order valence-electron chi connectivity index (χ1n) is 7.16. The summed E-state index contributed by atoms with van der Waals surface area (Å²) in [5.41, 5.74) is 0. The highest BCUT2D eigenvalue weighted by Gasteiger charge is 2.47. The van der Waals surface area contributed by atoms with Gasteiger partial charge in [-0.2, -0.15) is 5.06 Å². The van der Waals surface area contributed by atoms with Crippen molar-refractivity contribution in [2.45, 2.75) is 31.3 Å². The van der Waals surface area contributed by atoms with Crippen LogP contribution < -0.4 is 10.6 Å². The van der Waals surface area contributed by atoms with Crippen molar-refractivity contribution < 1.29 is 19.2 Å². The Morgan fingerprint density at radius 2 is 2.14 bits per heavy atom. The number of Topliss-reactive ketones (excluding diaryl/α,β-unsaturated/α-hetero) is 1. The second kappa shape index (κ2) is 6.86. The van der Waals surface area contributed by atoms with Crippen LogP contribution in [0.25, 0.3) is 0 Å². The molecule has 118 valence electrons. The Hall–Kier alpha value is -1.67. The molecular weight excluding hydrogens is 276 g/mol. The fraction of sp³-hybridized carbons (Fsp3) is 0.769. The summed E-state index contributed by atoms with van der Waals surface area (Å²) in [5, 5.41) is 6.84. The maximum Gasteiger partial charge on any atom is 0.345 e. The van der Waals surface area contributed by atoms with E-state index in [4.69, 9.17) is 4.84 Å². The number of rotatable bonds is 7. The lowest BCUT2D eigenvalue weighted by molar-refractivity contribution is -0.128. The summed E-state index contributed by atoms with van der Waals surface area (Å²) in [6.45, 7) is 1.10. The van der Waals surface area contributed by atoms with Gasteiger partial charge in [-0.15, -0.1) is 0 Å². The summed E-state index contributed by atoms with van der Waals surface area (Å²) in [4.78, 5) is 42.4. The lowest BCUT2D eigenvalue weighted by Crippen LogP contribution is -2.50. The van der Waals surface area contributed by atoms with Crippen LogP contribution in [-0.4, -0.2) is 73.6 Å². The second-order valence-electron chi connectivity index (χ2n) is 5.30. The number of urea groups is 1. The Balaban J connectivity index is 1.86. The Labute approximate surface area is 123 Å². The molecule has 0 radical (unpaired) electrons. The third-order valence-corrected chi connectivity index (χ3v) is 3.94. The third kappa shape index (κ3) is 3.33. The van der Waals surface area contributed by atoms with E-state index in [2.05, 4.69) is 10.6 Å². The first kappa shape index (κ1) is 15.7. The molecule has 8 heteroatoms. The van der Waals surface area contributed by atoms with Crippen molar-refractivity contribution in [2.24, 2.45) is 0 Å². The fourth-order valence-corrected chi connectivity index (χ4v) is 2.79. The van der Waals surface area contributed by atoms with Crippen LogP contribution in [-0.2, 0) is 14.4 Å². The van der Waals surface area contributed by atoms with Crippen LogP contribution in [0.15, 0.2) is 0 Å². The molecule has 0 spiro atoms. The van der Waals surface area contributed by atoms with Gasteiger partial charge in [0, 0.05) is 19.5 Å². The van der Waals surface area contributed by atoms with Crippen LogP contribution in [0.1, 0.15) is 19.3 Å². The highest BCUT2D eigenvalue weighted by molar-refractivity contribution is 5.91. The van der Waals surface area contributed by atoms with E-state index in [-0.39, 0.29) is 30.3 Å². The number of hydrogen-bond donors (Lipinski definition) is 2. The van der Waals surface area contributed by atoms with E-state index in [0.717, 1.165) is 6.42 Å². The molecule has 2 aliphatic heterocycles. The van der Waals surface area contributed by atoms with Crippen LogP contribution >= 0.6 is 0 Å². The molecular formula is C13H22N4O4. The number of hydrogen-bond acceptors (Lipinski definition) is 5. The number of carbonyl (C=O) groups excluding carboxylic acids is 3. The standard InChI is InChI=1S/C13H22N4O4/c1-14-6-5-10(18)7-15-12(19)11-4-3-9-8-16(11)13(20)17(9)21-2/h9,11,14H,3-8H2,1-2H3,(H,15,19)/t9-,11+/m1/s1. The molecule has 2 aliphatic rings. The van der Waals surface area contributed by atoms with Gasteiger partial charge in [0.05, 0.1) is 19.7 Å². The van der Waals surface area contributed by atoms with Crippen LogP contribution in [0.3, 0.4) is 0 Å². The maximum absolute atomic E-state index is 12.2. The zero-order chi connectivity index (χ0) is 15.4. The monoisotopic (exact) mass is 298 g/mol. The van der Waals surface area contributed by atoms with Crippen molar-refractivity contribution in [1.29, 1.82) is 0 Å². The molecule has 0 aromatic rings. The first-order chi connectivity index (χ1) is 10.1. The molecule has 2 bridgehead atoms. The molecule has 2 rings (SSSR count). The number of carbonyl (C=O) groups is 3. The van der Waals surface area contributed by atoms with Crippen molar-refractivity contribution >= 4 is 17.7 Å². The van der Waals surface area contributed by atoms with E-state index in [1.807, 2.05) is 0 Å². The van der Waals surface area contributed by atoms with Gasteiger partial charge in [-0.05, 0) is 19.9 Å². The predicted octanol–water partition coefficient (Wildman–Crippen LogP) is -0.889. The summed E-state index contributed by atoms with van der Waals surface area (Å²) >= 11 is 0. The van der Waals surface area contributed by atoms with E-state index in [1.165, 1.54) is 17.1 Å². The van der Waals surface area contributed by atoms with Gasteiger partial charge in [-0.25, -0.2) is 4.79 Å². The van der Waals surface area contributed by atoms with Crippen LogP contribution in [0.5, 0.6) is 0 Å². The molecule has 2 saturated heterocycles. The molecule has 2 atom stereocenters. The normalized spacial score (nSPS) is 24.4. The first-order valence-corrected chi connectivity index (χ1v) is 7.16. The zero-order valence-electron chi connectivity index (χ0n) is 12.4. The van der Waals surface area contributed by atoms with Gasteiger partial charge in [-0.1, -0.05) is 0 Å². The SMILES string of the molecule is CNCCC(=O)CNC(=O)[C@@H]1CC[C@@H]2CN1C(=O)N2OC. The number of fused-ring (bicyclic) bond motifs is 2. The van der Waals surface area contributed by atoms with Crippen LogP contribution in [0, 0.1) is 0 Å². The number of amides is 3. The Bertz CT molecular complexity index is 428. The second-order valence-corrected chi connectivity index (χ2v) is 5.30. The predicted molar refractivity (Wildman–Crippen MR) is 74.3 cm³/mol. The minimum Gasteiger partial charge on any atom is -0.347 e. The van der Waals surface area contributed by atoms with Gasteiger partial charge in [0.1, 0.15) is 6.04 Å². The minimum absolute atomic E-state index is 0.0104. The Kier molecular flexibility index (Phi) is 5.13. The summed E-state index contributed by atoms with van der Waals surface area (Å²) in [5.74, 6) is -0.296. The molecule has 3 amide bonds. The van der Waals surface area contributed by atoms with Crippen LogP contribution in [0.2, 0.25) is 0 Å². The van der Waals surface area contributed by atoms with Gasteiger partial charge < -0.3 is 15.5 Å². The van der Waals surface area contributed by atoms with E-state index in [9.17, 15) is 14.4 Å². The average Bonchev–Trinajstić information content (AvgIpc) is 2.74. The van der Waals surface area contributed by atoms with Crippen LogP contribution in [0.4, 0.5) is 4.79 Å². The van der Waals surface area contributed by atoms with Crippen molar-refractivity contribution in [3.05, 3.63) is 0 Å². The van der Waals surface area contributed by atoms with Gasteiger partial charge in [0.25, 0.3) is 0 Å². The Morgan fingerprint density at radius 1 is 1.38 bits per heavy atom. The van der Waals surface area contributed by atoms with E-state index in [0.29, 0.717) is 25.9 Å². The van der Waals surface area contributed by atoms with Gasteiger partial charge >= 0.3 is 6.03 Å². The quantitative estimate of drug-likeness (QED) is 0.636.